The van der Waals surface area contributed by atoms with Crippen molar-refractivity contribution in [3.05, 3.63) is 93.9 Å². The largest absolute Gasteiger partial charge is 0.497 e. The molecule has 34 heavy (non-hydrogen) atoms. The first-order valence-corrected chi connectivity index (χ1v) is 10.2. The number of allylic oxidation sites excluding steroid dienone is 2. The normalized spacial score (nSPS) is 19.8. The van der Waals surface area contributed by atoms with Gasteiger partial charge in [-0.1, -0.05) is 30.3 Å². The molecule has 0 saturated carbocycles. The SMILES string of the molecule is COC1=C(C(=O)O)C(c2ccc(OC)cc2)(c2cccc3c2CNC=C3)C(=O)C(C(F)(F)F)=C1. The van der Waals surface area contributed by atoms with Crippen LogP contribution in [-0.4, -0.2) is 37.3 Å². The molecule has 2 aromatic rings. The van der Waals surface area contributed by atoms with Gasteiger partial charge < -0.3 is 19.9 Å². The summed E-state index contributed by atoms with van der Waals surface area (Å²) in [5, 5.41) is 13.2. The fourth-order valence-electron chi connectivity index (χ4n) is 4.55. The third-order valence-corrected chi connectivity index (χ3v) is 6.02. The Hall–Kier alpha value is -4.01. The molecule has 0 radical (unpaired) electrons. The van der Waals surface area contributed by atoms with E-state index in [9.17, 15) is 27.9 Å². The molecule has 0 saturated heterocycles. The summed E-state index contributed by atoms with van der Waals surface area (Å²) in [6.07, 6.45) is -1.21. The van der Waals surface area contributed by atoms with Crippen molar-refractivity contribution in [2.45, 2.75) is 18.1 Å². The molecular weight excluding hydrogens is 451 g/mol. The maximum absolute atomic E-state index is 14.1. The Morgan fingerprint density at radius 1 is 1.09 bits per heavy atom. The molecule has 1 aliphatic carbocycles. The van der Waals surface area contributed by atoms with Gasteiger partial charge in [-0.2, -0.15) is 13.2 Å². The monoisotopic (exact) mass is 471 g/mol. The lowest BCUT2D eigenvalue weighted by Gasteiger charge is -2.40. The number of benzene rings is 2. The second-order valence-corrected chi connectivity index (χ2v) is 7.70. The van der Waals surface area contributed by atoms with Gasteiger partial charge in [-0.15, -0.1) is 0 Å². The number of rotatable bonds is 5. The highest BCUT2D eigenvalue weighted by Gasteiger charge is 2.58. The summed E-state index contributed by atoms with van der Waals surface area (Å²) in [6, 6.07) is 10.5. The third-order valence-electron chi connectivity index (χ3n) is 6.02. The summed E-state index contributed by atoms with van der Waals surface area (Å²) in [7, 11) is 2.49. The number of hydrogen-bond donors (Lipinski definition) is 2. The van der Waals surface area contributed by atoms with Gasteiger partial charge in [-0.25, -0.2) is 4.79 Å². The summed E-state index contributed by atoms with van der Waals surface area (Å²) in [6.45, 7) is 0.188. The van der Waals surface area contributed by atoms with Crippen molar-refractivity contribution in [2.24, 2.45) is 0 Å². The number of Topliss-reactive ketones (excluding diaryl/α,β-unsaturated/α-hetero) is 1. The van der Waals surface area contributed by atoms with Crippen LogP contribution in [0.5, 0.6) is 5.75 Å². The molecule has 0 fully saturated rings. The smallest absolute Gasteiger partial charge is 0.420 e. The van der Waals surface area contributed by atoms with Gasteiger partial charge in [0.1, 0.15) is 28.1 Å². The topological polar surface area (TPSA) is 84.9 Å². The van der Waals surface area contributed by atoms with Crippen LogP contribution in [0.25, 0.3) is 6.08 Å². The van der Waals surface area contributed by atoms with Crippen LogP contribution in [0.15, 0.2) is 71.6 Å². The van der Waals surface area contributed by atoms with Crippen LogP contribution >= 0.6 is 0 Å². The molecule has 2 aromatic carbocycles. The van der Waals surface area contributed by atoms with E-state index in [-0.39, 0.29) is 17.7 Å². The summed E-state index contributed by atoms with van der Waals surface area (Å²) < 4.78 is 52.6. The second-order valence-electron chi connectivity index (χ2n) is 7.70. The number of carbonyl (C=O) groups is 2. The van der Waals surface area contributed by atoms with Crippen LogP contribution in [-0.2, 0) is 26.3 Å². The maximum atomic E-state index is 14.1. The number of methoxy groups -OCH3 is 2. The number of carbonyl (C=O) groups excluding carboxylic acids is 1. The number of halogens is 3. The number of ketones is 1. The number of hydrogen-bond acceptors (Lipinski definition) is 5. The Morgan fingerprint density at radius 3 is 2.38 bits per heavy atom. The molecule has 0 amide bonds. The van der Waals surface area contributed by atoms with Gasteiger partial charge in [0, 0.05) is 6.54 Å². The molecule has 2 N–H and O–H groups in total. The molecule has 0 spiro atoms. The summed E-state index contributed by atoms with van der Waals surface area (Å²) in [5.41, 5.74) is -3.10. The van der Waals surface area contributed by atoms with E-state index < -0.39 is 40.2 Å². The van der Waals surface area contributed by atoms with E-state index in [1.165, 1.54) is 37.4 Å². The van der Waals surface area contributed by atoms with Crippen LogP contribution < -0.4 is 10.1 Å². The van der Waals surface area contributed by atoms with Crippen LogP contribution in [0.3, 0.4) is 0 Å². The molecular formula is C25H20F3NO5. The summed E-state index contributed by atoms with van der Waals surface area (Å²) in [4.78, 5) is 26.5. The van der Waals surface area contributed by atoms with Crippen molar-refractivity contribution < 1.29 is 37.3 Å². The molecule has 9 heteroatoms. The minimum atomic E-state index is -5.05. The zero-order valence-corrected chi connectivity index (χ0v) is 18.2. The van der Waals surface area contributed by atoms with Gasteiger partial charge in [0.15, 0.2) is 5.78 Å². The predicted octanol–water partition coefficient (Wildman–Crippen LogP) is 4.11. The fraction of sp³-hybridized carbons (Fsp3) is 0.200. The number of carboxylic acid groups (broad SMARTS) is 1. The molecule has 1 aliphatic heterocycles. The Labute approximate surface area is 193 Å². The lowest BCUT2D eigenvalue weighted by atomic mass is 9.60. The number of nitrogens with one attached hydrogen (secondary N) is 1. The van der Waals surface area contributed by atoms with Gasteiger partial charge in [0.2, 0.25) is 0 Å². The Balaban J connectivity index is 2.20. The van der Waals surface area contributed by atoms with E-state index >= 15 is 0 Å². The highest BCUT2D eigenvalue weighted by atomic mass is 19.4. The zero-order valence-electron chi connectivity index (χ0n) is 18.2. The van der Waals surface area contributed by atoms with E-state index in [4.69, 9.17) is 9.47 Å². The number of ether oxygens (including phenoxy) is 2. The Kier molecular flexibility index (Phi) is 5.72. The van der Waals surface area contributed by atoms with Gasteiger partial charge in [-0.05, 0) is 52.7 Å². The van der Waals surface area contributed by atoms with E-state index in [2.05, 4.69) is 5.32 Å². The van der Waals surface area contributed by atoms with Crippen LogP contribution in [0.1, 0.15) is 22.3 Å². The first kappa shape index (κ1) is 23.2. The molecule has 1 unspecified atom stereocenters. The third kappa shape index (κ3) is 3.44. The predicted molar refractivity (Wildman–Crippen MR) is 117 cm³/mol. The number of aliphatic carboxylic acids is 1. The van der Waals surface area contributed by atoms with Gasteiger partial charge >= 0.3 is 12.1 Å². The van der Waals surface area contributed by atoms with Crippen molar-refractivity contribution >= 4 is 17.8 Å². The van der Waals surface area contributed by atoms with Crippen LogP contribution in [0.2, 0.25) is 0 Å². The first-order chi connectivity index (χ1) is 16.2. The number of alkyl halides is 3. The number of carboxylic acids is 1. The maximum Gasteiger partial charge on any atom is 0.420 e. The van der Waals surface area contributed by atoms with Crippen molar-refractivity contribution in [1.29, 1.82) is 0 Å². The quantitative estimate of drug-likeness (QED) is 0.683. The Morgan fingerprint density at radius 2 is 1.79 bits per heavy atom. The van der Waals surface area contributed by atoms with Crippen molar-refractivity contribution in [3.63, 3.8) is 0 Å². The van der Waals surface area contributed by atoms with Gasteiger partial charge in [0.25, 0.3) is 0 Å². The van der Waals surface area contributed by atoms with E-state index in [1.54, 1.807) is 24.4 Å². The molecule has 0 bridgehead atoms. The molecule has 0 aromatic heterocycles. The minimum Gasteiger partial charge on any atom is -0.497 e. The molecule has 6 nitrogen and oxygen atoms in total. The van der Waals surface area contributed by atoms with E-state index in [0.717, 1.165) is 7.11 Å². The summed E-state index contributed by atoms with van der Waals surface area (Å²) >= 11 is 0. The van der Waals surface area contributed by atoms with Crippen LogP contribution in [0, 0.1) is 0 Å². The Bertz CT molecular complexity index is 1260. The standard InChI is InChI=1S/C25H20F3NO5/c1-33-16-8-6-15(7-9-16)24(18-5-3-4-14-10-11-29-13-17(14)18)21(23(31)32)20(34-2)12-19(22(24)30)25(26,27)28/h3-12,29H,13H2,1-2H3,(H,31,32). The highest BCUT2D eigenvalue weighted by molar-refractivity contribution is 6.17. The lowest BCUT2D eigenvalue weighted by Crippen LogP contribution is -2.48. The molecule has 176 valence electrons. The zero-order chi connectivity index (χ0) is 24.7. The minimum absolute atomic E-state index is 0.0445. The molecule has 2 aliphatic rings. The van der Waals surface area contributed by atoms with Crippen molar-refractivity contribution in [3.8, 4) is 5.75 Å². The molecule has 1 heterocycles. The van der Waals surface area contributed by atoms with Crippen molar-refractivity contribution in [1.82, 2.24) is 5.32 Å². The summed E-state index contributed by atoms with van der Waals surface area (Å²) in [5.74, 6) is -3.13. The lowest BCUT2D eigenvalue weighted by molar-refractivity contribution is -0.139. The fourth-order valence-corrected chi connectivity index (χ4v) is 4.55. The molecule has 1 atom stereocenters. The van der Waals surface area contributed by atoms with E-state index in [1.807, 2.05) is 0 Å². The first-order valence-electron chi connectivity index (χ1n) is 10.2. The molecule has 4 rings (SSSR count). The number of fused-ring (bicyclic) bond motifs is 1. The van der Waals surface area contributed by atoms with Crippen molar-refractivity contribution in [2.75, 3.05) is 14.2 Å². The van der Waals surface area contributed by atoms with Gasteiger partial charge in [0.05, 0.1) is 14.2 Å². The average Bonchev–Trinajstić information content (AvgIpc) is 2.82. The second kappa shape index (κ2) is 8.40. The van der Waals surface area contributed by atoms with Crippen LogP contribution in [0.4, 0.5) is 13.2 Å². The van der Waals surface area contributed by atoms with Gasteiger partial charge in [-0.3, -0.25) is 4.79 Å². The average molecular weight is 471 g/mol. The van der Waals surface area contributed by atoms with E-state index in [0.29, 0.717) is 23.0 Å². The highest BCUT2D eigenvalue weighted by Crippen LogP contribution is 2.51.